The van der Waals surface area contributed by atoms with Crippen LogP contribution in [0.15, 0.2) is 0 Å². The van der Waals surface area contributed by atoms with Crippen LogP contribution in [0.5, 0.6) is 0 Å². The molecule has 1 N–H and O–H groups in total. The number of nitriles is 1. The van der Waals surface area contributed by atoms with Crippen LogP contribution in [0.2, 0.25) is 0 Å². The highest BCUT2D eigenvalue weighted by Gasteiger charge is 2.29. The number of esters is 1. The first-order valence-electron chi connectivity index (χ1n) is 3.83. The molecule has 0 fully saturated rings. The van der Waals surface area contributed by atoms with Crippen molar-refractivity contribution in [3.63, 3.8) is 0 Å². The lowest BCUT2D eigenvalue weighted by Crippen LogP contribution is -2.41. The van der Waals surface area contributed by atoms with E-state index in [9.17, 15) is 13.2 Å². The predicted molar refractivity (Wildman–Crippen MR) is 48.6 cm³/mol. The van der Waals surface area contributed by atoms with Crippen LogP contribution in [0, 0.1) is 11.3 Å². The molecule has 0 saturated heterocycles. The molecule has 0 saturated carbocycles. The van der Waals surface area contributed by atoms with Gasteiger partial charge in [-0.3, -0.25) is 4.79 Å². The van der Waals surface area contributed by atoms with Gasteiger partial charge in [-0.1, -0.05) is 0 Å². The van der Waals surface area contributed by atoms with E-state index in [0.29, 0.717) is 0 Å². The molecule has 80 valence electrons. The summed E-state index contributed by atoms with van der Waals surface area (Å²) in [6, 6.07) is 0.822. The van der Waals surface area contributed by atoms with E-state index in [1.165, 1.54) is 13.8 Å². The van der Waals surface area contributed by atoms with Gasteiger partial charge in [0.1, 0.15) is 6.04 Å². The Kier molecular flexibility index (Phi) is 4.53. The molecule has 0 aliphatic rings. The molecule has 0 aliphatic carbocycles. The van der Waals surface area contributed by atoms with E-state index in [4.69, 9.17) is 5.26 Å². The Morgan fingerprint density at radius 3 is 2.36 bits per heavy atom. The second-order valence-corrected chi connectivity index (χ2v) is 4.71. The molecule has 14 heavy (non-hydrogen) atoms. The number of hydrogen-bond acceptors (Lipinski definition) is 5. The second kappa shape index (κ2) is 4.93. The van der Waals surface area contributed by atoms with Gasteiger partial charge in [0.05, 0.1) is 13.2 Å². The Balaban J connectivity index is 4.65. The van der Waals surface area contributed by atoms with Crippen molar-refractivity contribution in [1.82, 2.24) is 4.72 Å². The number of hydrogen-bond donors (Lipinski definition) is 1. The smallest absolute Gasteiger partial charge is 0.325 e. The van der Waals surface area contributed by atoms with Crippen molar-refractivity contribution in [1.29, 1.82) is 5.26 Å². The third-order valence-electron chi connectivity index (χ3n) is 1.53. The van der Waals surface area contributed by atoms with Crippen LogP contribution in [0.25, 0.3) is 0 Å². The summed E-state index contributed by atoms with van der Waals surface area (Å²) < 4.78 is 29.0. The summed E-state index contributed by atoms with van der Waals surface area (Å²) in [5.41, 5.74) is 0. The molecule has 0 aromatic carbocycles. The largest absolute Gasteiger partial charge is 0.468 e. The SMILES string of the molecule is COC(=O)C(C)S(=O)(=O)NC(C)C#N. The topological polar surface area (TPSA) is 96.3 Å². The molecule has 7 heteroatoms. The minimum atomic E-state index is -3.83. The van der Waals surface area contributed by atoms with E-state index in [1.807, 2.05) is 4.72 Å². The first kappa shape index (κ1) is 12.9. The Morgan fingerprint density at radius 2 is 2.00 bits per heavy atom. The standard InChI is InChI=1S/C7H12N2O4S/c1-5(4-8)9-14(11,12)6(2)7(10)13-3/h5-6,9H,1-3H3. The lowest BCUT2D eigenvalue weighted by Gasteiger charge is -2.12. The molecule has 0 aromatic heterocycles. The molecule has 0 aromatic rings. The van der Waals surface area contributed by atoms with Crippen LogP contribution >= 0.6 is 0 Å². The van der Waals surface area contributed by atoms with E-state index in [1.54, 1.807) is 6.07 Å². The third kappa shape index (κ3) is 3.32. The molecule has 6 nitrogen and oxygen atoms in total. The molecule has 0 bridgehead atoms. The van der Waals surface area contributed by atoms with Crippen LogP contribution in [0.3, 0.4) is 0 Å². The molecule has 0 rings (SSSR count). The van der Waals surface area contributed by atoms with E-state index in [-0.39, 0.29) is 0 Å². The van der Waals surface area contributed by atoms with Gasteiger partial charge in [-0.25, -0.2) is 8.42 Å². The van der Waals surface area contributed by atoms with Gasteiger partial charge in [-0.15, -0.1) is 0 Å². The first-order valence-corrected chi connectivity index (χ1v) is 5.38. The fraction of sp³-hybridized carbons (Fsp3) is 0.714. The number of ether oxygens (including phenoxy) is 1. The van der Waals surface area contributed by atoms with Crippen molar-refractivity contribution in [2.45, 2.75) is 25.1 Å². The summed E-state index contributed by atoms with van der Waals surface area (Å²) in [5, 5.41) is 7.07. The number of carbonyl (C=O) groups excluding carboxylic acids is 1. The highest BCUT2D eigenvalue weighted by molar-refractivity contribution is 7.90. The minimum absolute atomic E-state index is 0.859. The van der Waals surface area contributed by atoms with Crippen molar-refractivity contribution >= 4 is 16.0 Å². The van der Waals surface area contributed by atoms with Gasteiger partial charge in [0.15, 0.2) is 5.25 Å². The molecule has 2 atom stereocenters. The Labute approximate surface area is 82.9 Å². The van der Waals surface area contributed by atoms with Gasteiger partial charge in [0.2, 0.25) is 10.0 Å². The fourth-order valence-corrected chi connectivity index (χ4v) is 1.77. The summed E-state index contributed by atoms with van der Waals surface area (Å²) in [4.78, 5) is 10.9. The Bertz CT molecular complexity index is 343. The molecule has 0 aliphatic heterocycles. The molecule has 0 heterocycles. The van der Waals surface area contributed by atoms with Gasteiger partial charge in [-0.05, 0) is 13.8 Å². The molecule has 0 spiro atoms. The molecule has 0 amide bonds. The van der Waals surface area contributed by atoms with Crippen molar-refractivity contribution in [2.24, 2.45) is 0 Å². The van der Waals surface area contributed by atoms with E-state index in [0.717, 1.165) is 7.11 Å². The fourth-order valence-electron chi connectivity index (χ4n) is 0.667. The molecule has 0 radical (unpaired) electrons. The van der Waals surface area contributed by atoms with Gasteiger partial charge in [0, 0.05) is 0 Å². The zero-order chi connectivity index (χ0) is 11.4. The molecular weight excluding hydrogens is 208 g/mol. The zero-order valence-corrected chi connectivity index (χ0v) is 8.96. The number of carbonyl (C=O) groups is 1. The van der Waals surface area contributed by atoms with Crippen molar-refractivity contribution < 1.29 is 17.9 Å². The summed E-state index contributed by atoms with van der Waals surface area (Å²) in [7, 11) is -2.73. The maximum absolute atomic E-state index is 11.3. The van der Waals surface area contributed by atoms with E-state index in [2.05, 4.69) is 4.74 Å². The predicted octanol–water partition coefficient (Wildman–Crippen LogP) is -0.621. The van der Waals surface area contributed by atoms with Crippen LogP contribution in [-0.4, -0.2) is 32.8 Å². The van der Waals surface area contributed by atoms with Gasteiger partial charge in [-0.2, -0.15) is 9.98 Å². The molecular formula is C7H12N2O4S. The van der Waals surface area contributed by atoms with Crippen LogP contribution in [0.4, 0.5) is 0 Å². The maximum atomic E-state index is 11.3. The van der Waals surface area contributed by atoms with E-state index < -0.39 is 27.3 Å². The van der Waals surface area contributed by atoms with Gasteiger partial charge in [0.25, 0.3) is 0 Å². The summed E-state index contributed by atoms with van der Waals surface area (Å²) in [6.07, 6.45) is 0. The quantitative estimate of drug-likeness (QED) is 0.637. The highest BCUT2D eigenvalue weighted by Crippen LogP contribution is 2.01. The van der Waals surface area contributed by atoms with Crippen molar-refractivity contribution in [3.05, 3.63) is 0 Å². The van der Waals surface area contributed by atoms with Crippen molar-refractivity contribution in [2.75, 3.05) is 7.11 Å². The summed E-state index contributed by atoms with van der Waals surface area (Å²) >= 11 is 0. The lowest BCUT2D eigenvalue weighted by molar-refractivity contribution is -0.139. The minimum Gasteiger partial charge on any atom is -0.468 e. The normalized spacial score (nSPS) is 15.3. The Morgan fingerprint density at radius 1 is 1.50 bits per heavy atom. The third-order valence-corrected chi connectivity index (χ3v) is 3.34. The number of nitrogens with one attached hydrogen (secondary N) is 1. The van der Waals surface area contributed by atoms with E-state index >= 15 is 0 Å². The number of rotatable bonds is 4. The average molecular weight is 220 g/mol. The van der Waals surface area contributed by atoms with Crippen LogP contribution in [0.1, 0.15) is 13.8 Å². The Hall–Kier alpha value is -1.13. The highest BCUT2D eigenvalue weighted by atomic mass is 32.2. The number of methoxy groups -OCH3 is 1. The van der Waals surface area contributed by atoms with Gasteiger partial charge < -0.3 is 4.74 Å². The zero-order valence-electron chi connectivity index (χ0n) is 8.14. The van der Waals surface area contributed by atoms with Crippen LogP contribution in [-0.2, 0) is 19.6 Å². The molecule has 2 unspecified atom stereocenters. The number of nitrogens with zero attached hydrogens (tertiary/aromatic N) is 1. The first-order chi connectivity index (χ1) is 6.35. The summed E-state index contributed by atoms with van der Waals surface area (Å²) in [6.45, 7) is 2.57. The van der Waals surface area contributed by atoms with Gasteiger partial charge >= 0.3 is 5.97 Å². The van der Waals surface area contributed by atoms with Crippen LogP contribution < -0.4 is 4.72 Å². The number of sulfonamides is 1. The average Bonchev–Trinajstić information content (AvgIpc) is 2.14. The maximum Gasteiger partial charge on any atom is 0.325 e. The van der Waals surface area contributed by atoms with Crippen molar-refractivity contribution in [3.8, 4) is 6.07 Å². The summed E-state index contributed by atoms with van der Waals surface area (Å²) in [5.74, 6) is -0.859. The lowest BCUT2D eigenvalue weighted by atomic mass is 10.4. The second-order valence-electron chi connectivity index (χ2n) is 2.68. The monoisotopic (exact) mass is 220 g/mol.